The van der Waals surface area contributed by atoms with Crippen molar-refractivity contribution < 1.29 is 0 Å². The molecule has 2 unspecified atom stereocenters. The highest BCUT2D eigenvalue weighted by Gasteiger charge is 2.23. The van der Waals surface area contributed by atoms with Crippen LogP contribution in [-0.2, 0) is 6.42 Å². The van der Waals surface area contributed by atoms with Crippen molar-refractivity contribution in [2.45, 2.75) is 51.5 Å². The zero-order chi connectivity index (χ0) is 14.8. The number of benzene rings is 2. The maximum absolute atomic E-state index is 6.55. The van der Waals surface area contributed by atoms with Gasteiger partial charge in [0.2, 0.25) is 0 Å². The molecule has 2 aromatic rings. The van der Waals surface area contributed by atoms with Crippen molar-refractivity contribution in [1.29, 1.82) is 0 Å². The first kappa shape index (κ1) is 14.3. The third-order valence-corrected chi connectivity index (χ3v) is 4.87. The Hall–Kier alpha value is -1.60. The smallest absolute Gasteiger partial charge is 0.0303 e. The normalized spacial score (nSPS) is 19.1. The zero-order valence-corrected chi connectivity index (χ0v) is 13.1. The van der Waals surface area contributed by atoms with Crippen LogP contribution in [0.5, 0.6) is 0 Å². The summed E-state index contributed by atoms with van der Waals surface area (Å²) in [5.41, 5.74) is 13.5. The van der Waals surface area contributed by atoms with Crippen LogP contribution in [0.25, 0.3) is 0 Å². The van der Waals surface area contributed by atoms with Crippen LogP contribution in [-0.4, -0.2) is 0 Å². The topological polar surface area (TPSA) is 26.0 Å². The second kappa shape index (κ2) is 6.03. The lowest BCUT2D eigenvalue weighted by Crippen LogP contribution is -2.19. The lowest BCUT2D eigenvalue weighted by molar-refractivity contribution is 0.475. The van der Waals surface area contributed by atoms with Crippen molar-refractivity contribution in [3.8, 4) is 0 Å². The molecule has 2 aromatic carbocycles. The fourth-order valence-corrected chi connectivity index (χ4v) is 3.69. The molecule has 0 radical (unpaired) electrons. The van der Waals surface area contributed by atoms with Gasteiger partial charge in [0.05, 0.1) is 0 Å². The first-order valence-corrected chi connectivity index (χ1v) is 8.05. The lowest BCUT2D eigenvalue weighted by atomic mass is 9.78. The van der Waals surface area contributed by atoms with E-state index in [0.717, 1.165) is 6.42 Å². The van der Waals surface area contributed by atoms with Gasteiger partial charge in [-0.25, -0.2) is 0 Å². The van der Waals surface area contributed by atoms with E-state index in [2.05, 4.69) is 56.3 Å². The largest absolute Gasteiger partial charge is 0.324 e. The van der Waals surface area contributed by atoms with Gasteiger partial charge < -0.3 is 5.73 Å². The maximum atomic E-state index is 6.55. The molecule has 0 heterocycles. The van der Waals surface area contributed by atoms with Gasteiger partial charge in [0.1, 0.15) is 0 Å². The second-order valence-electron chi connectivity index (χ2n) is 6.49. The average molecular weight is 279 g/mol. The van der Waals surface area contributed by atoms with Crippen molar-refractivity contribution >= 4 is 0 Å². The molecule has 0 aromatic heterocycles. The molecule has 0 amide bonds. The molecule has 3 rings (SSSR count). The molecule has 2 N–H and O–H groups in total. The molecular formula is C20H25N. The Kier molecular flexibility index (Phi) is 4.12. The van der Waals surface area contributed by atoms with Crippen molar-refractivity contribution in [3.05, 3.63) is 70.3 Å². The highest BCUT2D eigenvalue weighted by Crippen LogP contribution is 2.37. The van der Waals surface area contributed by atoms with E-state index < -0.39 is 0 Å². The summed E-state index contributed by atoms with van der Waals surface area (Å²) in [5, 5.41) is 0. The van der Waals surface area contributed by atoms with Crippen LogP contribution in [0.3, 0.4) is 0 Å². The number of nitrogens with two attached hydrogens (primary N) is 1. The van der Waals surface area contributed by atoms with Crippen LogP contribution in [0.1, 0.15) is 59.0 Å². The summed E-state index contributed by atoms with van der Waals surface area (Å²) in [6.07, 6.45) is 4.85. The van der Waals surface area contributed by atoms with E-state index in [0.29, 0.717) is 5.92 Å². The summed E-state index contributed by atoms with van der Waals surface area (Å²) >= 11 is 0. The summed E-state index contributed by atoms with van der Waals surface area (Å²) in [4.78, 5) is 0. The first-order valence-electron chi connectivity index (χ1n) is 8.05. The minimum atomic E-state index is 0.140. The SMILES string of the molecule is Cc1ccc(C)c(C(N)CC2CCCc3ccccc32)c1. The number of hydrogen-bond donors (Lipinski definition) is 1. The van der Waals surface area contributed by atoms with E-state index >= 15 is 0 Å². The number of hydrogen-bond acceptors (Lipinski definition) is 1. The van der Waals surface area contributed by atoms with Crippen LogP contribution in [0.15, 0.2) is 42.5 Å². The lowest BCUT2D eigenvalue weighted by Gasteiger charge is -2.28. The summed E-state index contributed by atoms with van der Waals surface area (Å²) in [7, 11) is 0. The third-order valence-electron chi connectivity index (χ3n) is 4.87. The molecule has 1 aliphatic carbocycles. The summed E-state index contributed by atoms with van der Waals surface area (Å²) in [5.74, 6) is 0.616. The molecule has 0 bridgehead atoms. The van der Waals surface area contributed by atoms with Crippen LogP contribution >= 0.6 is 0 Å². The van der Waals surface area contributed by atoms with Gasteiger partial charge in [-0.15, -0.1) is 0 Å². The van der Waals surface area contributed by atoms with E-state index in [4.69, 9.17) is 5.73 Å². The van der Waals surface area contributed by atoms with E-state index in [9.17, 15) is 0 Å². The van der Waals surface area contributed by atoms with E-state index in [1.165, 1.54) is 47.1 Å². The molecule has 110 valence electrons. The minimum Gasteiger partial charge on any atom is -0.324 e. The second-order valence-corrected chi connectivity index (χ2v) is 6.49. The Balaban J connectivity index is 1.82. The molecule has 1 heteroatoms. The minimum absolute atomic E-state index is 0.140. The molecule has 21 heavy (non-hydrogen) atoms. The van der Waals surface area contributed by atoms with Gasteiger partial charge >= 0.3 is 0 Å². The van der Waals surface area contributed by atoms with Gasteiger partial charge in [-0.3, -0.25) is 0 Å². The Morgan fingerprint density at radius 3 is 2.81 bits per heavy atom. The highest BCUT2D eigenvalue weighted by molar-refractivity contribution is 5.35. The van der Waals surface area contributed by atoms with Gasteiger partial charge in [0, 0.05) is 6.04 Å². The fourth-order valence-electron chi connectivity index (χ4n) is 3.69. The first-order chi connectivity index (χ1) is 10.1. The van der Waals surface area contributed by atoms with E-state index in [1.807, 2.05) is 0 Å². The predicted octanol–water partition coefficient (Wildman–Crippen LogP) is 4.81. The number of aryl methyl sites for hydroxylation is 3. The Bertz CT molecular complexity index is 629. The van der Waals surface area contributed by atoms with Crippen LogP contribution in [0.2, 0.25) is 0 Å². The third kappa shape index (κ3) is 3.03. The Morgan fingerprint density at radius 1 is 1.14 bits per heavy atom. The van der Waals surface area contributed by atoms with E-state index in [-0.39, 0.29) is 6.04 Å². The standard InChI is InChI=1S/C20H25N/c1-14-10-11-15(2)19(12-14)20(21)13-17-8-5-7-16-6-3-4-9-18(16)17/h3-4,6,9-12,17,20H,5,7-8,13,21H2,1-2H3. The van der Waals surface area contributed by atoms with Gasteiger partial charge in [0.25, 0.3) is 0 Å². The molecule has 2 atom stereocenters. The average Bonchev–Trinajstić information content (AvgIpc) is 2.50. The van der Waals surface area contributed by atoms with Gasteiger partial charge in [-0.1, -0.05) is 48.0 Å². The number of fused-ring (bicyclic) bond motifs is 1. The van der Waals surface area contributed by atoms with Crippen molar-refractivity contribution in [2.75, 3.05) is 0 Å². The zero-order valence-electron chi connectivity index (χ0n) is 13.1. The molecule has 0 spiro atoms. The molecular weight excluding hydrogens is 254 g/mol. The van der Waals surface area contributed by atoms with Crippen molar-refractivity contribution in [2.24, 2.45) is 5.73 Å². The van der Waals surface area contributed by atoms with Crippen LogP contribution < -0.4 is 5.73 Å². The summed E-state index contributed by atoms with van der Waals surface area (Å²) in [6, 6.07) is 15.7. The summed E-state index contributed by atoms with van der Waals surface area (Å²) < 4.78 is 0. The van der Waals surface area contributed by atoms with Crippen molar-refractivity contribution in [3.63, 3.8) is 0 Å². The Labute approximate surface area is 128 Å². The van der Waals surface area contributed by atoms with E-state index in [1.54, 1.807) is 0 Å². The van der Waals surface area contributed by atoms with Crippen LogP contribution in [0.4, 0.5) is 0 Å². The Morgan fingerprint density at radius 2 is 1.95 bits per heavy atom. The quantitative estimate of drug-likeness (QED) is 0.857. The number of rotatable bonds is 3. The fraction of sp³-hybridized carbons (Fsp3) is 0.400. The molecule has 1 nitrogen and oxygen atoms in total. The highest BCUT2D eigenvalue weighted by atomic mass is 14.6. The predicted molar refractivity (Wildman–Crippen MR) is 89.6 cm³/mol. The monoisotopic (exact) mass is 279 g/mol. The van der Waals surface area contributed by atoms with Gasteiger partial charge in [-0.2, -0.15) is 0 Å². The van der Waals surface area contributed by atoms with Crippen molar-refractivity contribution in [1.82, 2.24) is 0 Å². The van der Waals surface area contributed by atoms with Gasteiger partial charge in [0.15, 0.2) is 0 Å². The molecule has 1 aliphatic rings. The molecule has 0 saturated carbocycles. The molecule has 0 aliphatic heterocycles. The van der Waals surface area contributed by atoms with Gasteiger partial charge in [-0.05, 0) is 67.7 Å². The molecule has 0 saturated heterocycles. The maximum Gasteiger partial charge on any atom is 0.0303 e. The summed E-state index contributed by atoms with van der Waals surface area (Å²) in [6.45, 7) is 4.31. The van der Waals surface area contributed by atoms with Crippen LogP contribution in [0, 0.1) is 13.8 Å². The molecule has 0 fully saturated rings.